The summed E-state index contributed by atoms with van der Waals surface area (Å²) >= 11 is 0. The first kappa shape index (κ1) is 21.0. The number of likely N-dealkylation sites (tertiary alicyclic amines) is 1. The molecule has 5 nitrogen and oxygen atoms in total. The third-order valence-electron chi connectivity index (χ3n) is 6.04. The maximum atomic E-state index is 12.9. The normalized spacial score (nSPS) is 27.9. The largest absolute Gasteiger partial charge is 0.465 e. The fraction of sp³-hybridized carbons (Fsp3) is 0.636. The molecule has 28 heavy (non-hydrogen) atoms. The first-order valence-corrected chi connectivity index (χ1v) is 11.0. The summed E-state index contributed by atoms with van der Waals surface area (Å²) in [5.74, 6) is 0. The number of fused-ring (bicyclic) bond motifs is 1. The number of amides is 1. The monoisotopic (exact) mass is 404 g/mol. The van der Waals surface area contributed by atoms with Crippen LogP contribution in [0.2, 0.25) is 0 Å². The number of benzene rings is 1. The minimum atomic E-state index is -1.35. The fourth-order valence-electron chi connectivity index (χ4n) is 4.46. The summed E-state index contributed by atoms with van der Waals surface area (Å²) < 4.78 is 17.3. The molecule has 0 bridgehead atoms. The van der Waals surface area contributed by atoms with Gasteiger partial charge in [0.2, 0.25) is 0 Å². The topological polar surface area (TPSA) is 70.0 Å². The summed E-state index contributed by atoms with van der Waals surface area (Å²) in [6.07, 6.45) is 1.39. The van der Waals surface area contributed by atoms with Crippen LogP contribution in [0.5, 0.6) is 0 Å². The molecular formula is C22H32N2O3S. The number of carbonyl (C=O) groups is 1. The fourth-order valence-corrected chi connectivity index (χ4v) is 5.19. The van der Waals surface area contributed by atoms with E-state index in [2.05, 4.69) is 32.9 Å². The molecule has 1 spiro atoms. The smallest absolute Gasteiger partial charge is 0.407 e. The van der Waals surface area contributed by atoms with Crippen molar-refractivity contribution in [3.8, 4) is 0 Å². The summed E-state index contributed by atoms with van der Waals surface area (Å²) in [5, 5.41) is 9.74. The van der Waals surface area contributed by atoms with Crippen molar-refractivity contribution in [2.75, 3.05) is 6.54 Å². The van der Waals surface area contributed by atoms with Crippen molar-refractivity contribution >= 4 is 22.8 Å². The van der Waals surface area contributed by atoms with Crippen LogP contribution in [-0.2, 0) is 17.4 Å². The van der Waals surface area contributed by atoms with Crippen molar-refractivity contribution in [3.63, 3.8) is 0 Å². The Balaban J connectivity index is 2.10. The van der Waals surface area contributed by atoms with E-state index in [1.54, 1.807) is 4.90 Å². The molecule has 2 unspecified atom stereocenters. The lowest BCUT2D eigenvalue weighted by Crippen LogP contribution is -2.56. The van der Waals surface area contributed by atoms with E-state index in [1.165, 1.54) is 5.56 Å². The van der Waals surface area contributed by atoms with E-state index >= 15 is 0 Å². The van der Waals surface area contributed by atoms with Crippen molar-refractivity contribution < 1.29 is 14.1 Å². The van der Waals surface area contributed by atoms with E-state index in [1.807, 2.05) is 32.9 Å². The Morgan fingerprint density at radius 2 is 1.86 bits per heavy atom. The Morgan fingerprint density at radius 1 is 1.21 bits per heavy atom. The number of rotatable bonds is 1. The second-order valence-electron chi connectivity index (χ2n) is 10.2. The zero-order chi connectivity index (χ0) is 20.9. The van der Waals surface area contributed by atoms with Crippen LogP contribution in [0.3, 0.4) is 0 Å². The van der Waals surface area contributed by atoms with Gasteiger partial charge in [-0.1, -0.05) is 45.0 Å². The number of carboxylic acid groups (broad SMARTS) is 1. The standard InChI is InChI=1S/C22H32N2O3S/c1-20(2,3)17-14-22(11-12-24(17)19(25)26)13-15-9-7-8-10-16(15)18(22)23-28(27)21(4,5)6/h7-10,17H,11-14H2,1-6H3,(H,25,26)/b23-18+/t17-,22?,28?/m1/s1. The van der Waals surface area contributed by atoms with Gasteiger partial charge in [0.05, 0.1) is 10.5 Å². The van der Waals surface area contributed by atoms with Gasteiger partial charge < -0.3 is 10.0 Å². The summed E-state index contributed by atoms with van der Waals surface area (Å²) in [7, 11) is -1.35. The lowest BCUT2D eigenvalue weighted by Gasteiger charge is -2.49. The molecular weight excluding hydrogens is 372 g/mol. The molecule has 1 aliphatic carbocycles. The van der Waals surface area contributed by atoms with Crippen LogP contribution in [0.15, 0.2) is 28.7 Å². The number of hydrogen-bond donors (Lipinski definition) is 1. The van der Waals surface area contributed by atoms with Crippen molar-refractivity contribution in [2.24, 2.45) is 15.2 Å². The van der Waals surface area contributed by atoms with Gasteiger partial charge in [-0.3, -0.25) is 0 Å². The van der Waals surface area contributed by atoms with Gasteiger partial charge in [-0.05, 0) is 51.0 Å². The van der Waals surface area contributed by atoms with Gasteiger partial charge in [-0.15, -0.1) is 0 Å². The summed E-state index contributed by atoms with van der Waals surface area (Å²) in [6.45, 7) is 12.6. The van der Waals surface area contributed by atoms with Crippen molar-refractivity contribution in [1.82, 2.24) is 4.90 Å². The van der Waals surface area contributed by atoms with Crippen LogP contribution in [0, 0.1) is 10.8 Å². The van der Waals surface area contributed by atoms with Crippen LogP contribution in [-0.4, -0.2) is 43.4 Å². The molecule has 1 heterocycles. The molecule has 0 saturated carbocycles. The molecule has 1 aliphatic heterocycles. The van der Waals surface area contributed by atoms with Crippen molar-refractivity contribution in [3.05, 3.63) is 35.4 Å². The van der Waals surface area contributed by atoms with Crippen molar-refractivity contribution in [1.29, 1.82) is 0 Å². The van der Waals surface area contributed by atoms with E-state index in [0.717, 1.165) is 17.7 Å². The van der Waals surface area contributed by atoms with Crippen LogP contribution in [0.25, 0.3) is 0 Å². The number of piperidine rings is 1. The Labute approximate surface area is 170 Å². The molecule has 0 aromatic heterocycles. The zero-order valence-corrected chi connectivity index (χ0v) is 18.6. The van der Waals surface area contributed by atoms with E-state index in [9.17, 15) is 14.1 Å². The van der Waals surface area contributed by atoms with Gasteiger partial charge >= 0.3 is 6.09 Å². The molecule has 3 rings (SSSR count). The second kappa shape index (κ2) is 6.97. The maximum absolute atomic E-state index is 12.9. The highest BCUT2D eigenvalue weighted by Crippen LogP contribution is 2.50. The molecule has 1 aromatic rings. The molecule has 1 saturated heterocycles. The maximum Gasteiger partial charge on any atom is 0.407 e. The molecule has 6 heteroatoms. The van der Waals surface area contributed by atoms with Crippen molar-refractivity contribution in [2.45, 2.75) is 71.6 Å². The number of hydrogen-bond acceptors (Lipinski definition) is 2. The molecule has 3 atom stereocenters. The van der Waals surface area contributed by atoms with Gasteiger partial charge in [0.1, 0.15) is 11.0 Å². The molecule has 0 radical (unpaired) electrons. The van der Waals surface area contributed by atoms with Gasteiger partial charge in [-0.2, -0.15) is 4.40 Å². The average molecular weight is 405 g/mol. The lowest BCUT2D eigenvalue weighted by atomic mass is 9.67. The van der Waals surface area contributed by atoms with E-state index < -0.39 is 21.8 Å². The highest BCUT2D eigenvalue weighted by Gasteiger charge is 2.52. The van der Waals surface area contributed by atoms with Crippen LogP contribution >= 0.6 is 0 Å². The van der Waals surface area contributed by atoms with Gasteiger partial charge in [0, 0.05) is 23.6 Å². The SMILES string of the molecule is CC(C)(C)[C@H]1CC2(CCN1C(=O)O)Cc1ccccc1/C2=N\S(=O)C(C)(C)C. The predicted octanol–water partition coefficient (Wildman–Crippen LogP) is 4.67. The molecule has 1 fully saturated rings. The molecule has 2 aliphatic rings. The summed E-state index contributed by atoms with van der Waals surface area (Å²) in [6, 6.07) is 8.11. The zero-order valence-electron chi connectivity index (χ0n) is 17.8. The lowest BCUT2D eigenvalue weighted by molar-refractivity contribution is 0.0278. The summed E-state index contributed by atoms with van der Waals surface area (Å²) in [5.41, 5.74) is 2.78. The predicted molar refractivity (Wildman–Crippen MR) is 114 cm³/mol. The van der Waals surface area contributed by atoms with Gasteiger partial charge in [-0.25, -0.2) is 9.00 Å². The highest BCUT2D eigenvalue weighted by atomic mass is 32.2. The van der Waals surface area contributed by atoms with Gasteiger partial charge in [0.25, 0.3) is 0 Å². The molecule has 1 aromatic carbocycles. The van der Waals surface area contributed by atoms with E-state index in [0.29, 0.717) is 19.4 Å². The molecule has 154 valence electrons. The quantitative estimate of drug-likeness (QED) is 0.739. The Kier molecular flexibility index (Phi) is 5.24. The minimum absolute atomic E-state index is 0.110. The van der Waals surface area contributed by atoms with Gasteiger partial charge in [0.15, 0.2) is 0 Å². The minimum Gasteiger partial charge on any atom is -0.465 e. The third kappa shape index (κ3) is 3.76. The highest BCUT2D eigenvalue weighted by molar-refractivity contribution is 7.85. The summed E-state index contributed by atoms with van der Waals surface area (Å²) in [4.78, 5) is 13.5. The van der Waals surface area contributed by atoms with E-state index in [4.69, 9.17) is 4.40 Å². The Bertz CT molecular complexity index is 835. The first-order valence-electron chi connectivity index (χ1n) is 9.94. The van der Waals surface area contributed by atoms with Crippen LogP contribution in [0.4, 0.5) is 4.79 Å². The first-order chi connectivity index (χ1) is 12.8. The Morgan fingerprint density at radius 3 is 2.43 bits per heavy atom. The van der Waals surface area contributed by atoms with Crippen LogP contribution < -0.4 is 0 Å². The number of nitrogens with zero attached hydrogens (tertiary/aromatic N) is 2. The Hall–Kier alpha value is -1.69. The molecule has 1 amide bonds. The average Bonchev–Trinajstić information content (AvgIpc) is 2.86. The third-order valence-corrected chi connectivity index (χ3v) is 7.43. The van der Waals surface area contributed by atoms with Crippen LogP contribution in [0.1, 0.15) is 65.5 Å². The second-order valence-corrected chi connectivity index (χ2v) is 12.1. The van der Waals surface area contributed by atoms with E-state index in [-0.39, 0.29) is 16.9 Å². The molecule has 1 N–H and O–H groups in total.